The van der Waals surface area contributed by atoms with E-state index in [9.17, 15) is 18.0 Å². The maximum Gasteiger partial charge on any atom is 0.490 e. The fourth-order valence-corrected chi connectivity index (χ4v) is 2.11. The van der Waals surface area contributed by atoms with Crippen molar-refractivity contribution in [3.63, 3.8) is 0 Å². The number of benzene rings is 1. The molecule has 0 aliphatic rings. The zero-order valence-corrected chi connectivity index (χ0v) is 15.6. The lowest BCUT2D eigenvalue weighted by Gasteiger charge is -2.07. The Morgan fingerprint density at radius 3 is 2.14 bits per heavy atom. The van der Waals surface area contributed by atoms with Gasteiger partial charge in [-0.2, -0.15) is 13.2 Å². The molecule has 2 N–H and O–H groups in total. The van der Waals surface area contributed by atoms with E-state index in [1.54, 1.807) is 13.3 Å². The molecule has 3 rings (SSSR count). The normalized spacial score (nSPS) is 10.8. The van der Waals surface area contributed by atoms with Gasteiger partial charge < -0.3 is 19.4 Å². The van der Waals surface area contributed by atoms with Crippen molar-refractivity contribution in [2.75, 3.05) is 5.32 Å². The van der Waals surface area contributed by atoms with E-state index in [0.29, 0.717) is 11.4 Å². The monoisotopic (exact) mass is 410 g/mol. The van der Waals surface area contributed by atoms with Gasteiger partial charge in [0.2, 0.25) is 0 Å². The third-order valence-electron chi connectivity index (χ3n) is 3.71. The first-order valence-corrected chi connectivity index (χ1v) is 8.13. The Balaban J connectivity index is 0.000000370. The lowest BCUT2D eigenvalue weighted by molar-refractivity contribution is -0.192. The number of carboxylic acid groups (broad SMARTS) is 1. The van der Waals surface area contributed by atoms with Crippen LogP contribution in [0, 0.1) is 20.8 Å². The van der Waals surface area contributed by atoms with Crippen LogP contribution in [0.25, 0.3) is 5.69 Å². The average molecular weight is 410 g/mol. The highest BCUT2D eigenvalue weighted by Gasteiger charge is 2.38. The zero-order chi connectivity index (χ0) is 21.8. The first kappa shape index (κ1) is 21.7. The SMILES string of the molecule is Cc1coc(C(=O)Nc2ccc(-n3cnc(C)c3C)cc2)n1.O=C(O)C(F)(F)F. The number of rotatable bonds is 3. The quantitative estimate of drug-likeness (QED) is 0.682. The molecular formula is C18H17F3N4O4. The molecule has 3 aromatic rings. The number of alkyl halides is 3. The van der Waals surface area contributed by atoms with Gasteiger partial charge in [0.15, 0.2) is 0 Å². The number of nitrogens with zero attached hydrogens (tertiary/aromatic N) is 3. The van der Waals surface area contributed by atoms with Crippen molar-refractivity contribution in [2.24, 2.45) is 0 Å². The fraction of sp³-hybridized carbons (Fsp3) is 0.222. The molecule has 0 unspecified atom stereocenters. The van der Waals surface area contributed by atoms with Crippen molar-refractivity contribution < 1.29 is 32.3 Å². The van der Waals surface area contributed by atoms with Gasteiger partial charge in [0, 0.05) is 17.1 Å². The molecule has 2 aromatic heterocycles. The van der Waals surface area contributed by atoms with Crippen molar-refractivity contribution in [3.8, 4) is 5.69 Å². The Labute approximate surface area is 163 Å². The molecule has 0 fully saturated rings. The molecule has 0 saturated carbocycles. The number of halogens is 3. The summed E-state index contributed by atoms with van der Waals surface area (Å²) in [6, 6.07) is 7.50. The summed E-state index contributed by atoms with van der Waals surface area (Å²) in [5, 5.41) is 9.87. The third-order valence-corrected chi connectivity index (χ3v) is 3.71. The second-order valence-corrected chi connectivity index (χ2v) is 5.88. The molecule has 0 aliphatic heterocycles. The van der Waals surface area contributed by atoms with Crippen LogP contribution in [-0.2, 0) is 4.79 Å². The van der Waals surface area contributed by atoms with Crippen molar-refractivity contribution in [1.29, 1.82) is 0 Å². The fourth-order valence-electron chi connectivity index (χ4n) is 2.11. The van der Waals surface area contributed by atoms with Crippen LogP contribution in [-0.4, -0.2) is 37.7 Å². The molecule has 8 nitrogen and oxygen atoms in total. The van der Waals surface area contributed by atoms with Gasteiger partial charge in [-0.15, -0.1) is 0 Å². The van der Waals surface area contributed by atoms with Crippen LogP contribution in [0.2, 0.25) is 0 Å². The Hall–Kier alpha value is -3.63. The van der Waals surface area contributed by atoms with Crippen LogP contribution < -0.4 is 5.32 Å². The van der Waals surface area contributed by atoms with Gasteiger partial charge in [-0.3, -0.25) is 4.79 Å². The number of oxazole rings is 1. The van der Waals surface area contributed by atoms with Crippen molar-refractivity contribution in [3.05, 3.63) is 59.8 Å². The highest BCUT2D eigenvalue weighted by molar-refractivity contribution is 6.00. The summed E-state index contributed by atoms with van der Waals surface area (Å²) in [7, 11) is 0. The summed E-state index contributed by atoms with van der Waals surface area (Å²) in [5.41, 5.74) is 4.43. The summed E-state index contributed by atoms with van der Waals surface area (Å²) >= 11 is 0. The number of carbonyl (C=O) groups excluding carboxylic acids is 1. The topological polar surface area (TPSA) is 110 Å². The summed E-state index contributed by atoms with van der Waals surface area (Å²) in [6.45, 7) is 5.76. The van der Waals surface area contributed by atoms with E-state index in [1.165, 1.54) is 6.26 Å². The Morgan fingerprint density at radius 2 is 1.72 bits per heavy atom. The number of nitrogens with one attached hydrogen (secondary N) is 1. The van der Waals surface area contributed by atoms with E-state index < -0.39 is 12.1 Å². The lowest BCUT2D eigenvalue weighted by atomic mass is 10.2. The molecule has 0 saturated heterocycles. The van der Waals surface area contributed by atoms with E-state index >= 15 is 0 Å². The number of hydrogen-bond donors (Lipinski definition) is 2. The molecule has 1 amide bonds. The molecule has 0 atom stereocenters. The van der Waals surface area contributed by atoms with Crippen molar-refractivity contribution >= 4 is 17.6 Å². The summed E-state index contributed by atoms with van der Waals surface area (Å²) in [6.07, 6.45) is -1.85. The molecule has 0 bridgehead atoms. The Morgan fingerprint density at radius 1 is 1.14 bits per heavy atom. The third kappa shape index (κ3) is 5.67. The number of amides is 1. The smallest absolute Gasteiger partial charge is 0.475 e. The first-order valence-electron chi connectivity index (χ1n) is 8.13. The number of carbonyl (C=O) groups is 2. The predicted molar refractivity (Wildman–Crippen MR) is 95.9 cm³/mol. The van der Waals surface area contributed by atoms with Crippen LogP contribution in [0.5, 0.6) is 0 Å². The largest absolute Gasteiger partial charge is 0.490 e. The van der Waals surface area contributed by atoms with E-state index in [4.69, 9.17) is 14.3 Å². The lowest BCUT2D eigenvalue weighted by Crippen LogP contribution is -2.21. The summed E-state index contributed by atoms with van der Waals surface area (Å²) in [5.74, 6) is -3.06. The minimum absolute atomic E-state index is 0.0580. The first-order chi connectivity index (χ1) is 13.5. The van der Waals surface area contributed by atoms with Gasteiger partial charge >= 0.3 is 18.1 Å². The standard InChI is InChI=1S/C16H16N4O2.C2HF3O2/c1-10-8-22-16(18-10)15(21)19-13-4-6-14(7-5-13)20-9-17-11(2)12(20)3;3-2(4,5)1(6)7/h4-9H,1-3H3,(H,19,21);(H,6,7). The number of carboxylic acids is 1. The summed E-state index contributed by atoms with van der Waals surface area (Å²) in [4.78, 5) is 29.1. The average Bonchev–Trinajstić information content (AvgIpc) is 3.22. The Kier molecular flexibility index (Phi) is 6.42. The van der Waals surface area contributed by atoms with E-state index in [-0.39, 0.29) is 11.8 Å². The molecule has 2 heterocycles. The van der Waals surface area contributed by atoms with Gasteiger partial charge in [0.25, 0.3) is 5.89 Å². The number of hydrogen-bond acceptors (Lipinski definition) is 5. The second-order valence-electron chi connectivity index (χ2n) is 5.88. The van der Waals surface area contributed by atoms with Gasteiger partial charge in [0.05, 0.1) is 17.7 Å². The second kappa shape index (κ2) is 8.59. The number of anilines is 1. The number of aromatic nitrogens is 3. The molecule has 29 heavy (non-hydrogen) atoms. The van der Waals surface area contributed by atoms with Gasteiger partial charge in [0.1, 0.15) is 6.26 Å². The number of aryl methyl sites for hydroxylation is 2. The van der Waals surface area contributed by atoms with Crippen LogP contribution in [0.15, 0.2) is 41.3 Å². The highest BCUT2D eigenvalue weighted by Crippen LogP contribution is 2.17. The molecule has 0 radical (unpaired) electrons. The molecule has 0 aliphatic carbocycles. The van der Waals surface area contributed by atoms with Crippen LogP contribution in [0.3, 0.4) is 0 Å². The highest BCUT2D eigenvalue weighted by atomic mass is 19.4. The minimum atomic E-state index is -5.08. The van der Waals surface area contributed by atoms with E-state index in [1.807, 2.05) is 42.7 Å². The Bertz CT molecular complexity index is 1010. The number of aliphatic carboxylic acids is 1. The van der Waals surface area contributed by atoms with Gasteiger partial charge in [-0.25, -0.2) is 14.8 Å². The minimum Gasteiger partial charge on any atom is -0.475 e. The molecule has 1 aromatic carbocycles. The van der Waals surface area contributed by atoms with Crippen LogP contribution in [0.4, 0.5) is 18.9 Å². The van der Waals surface area contributed by atoms with Gasteiger partial charge in [-0.05, 0) is 45.0 Å². The van der Waals surface area contributed by atoms with Crippen LogP contribution >= 0.6 is 0 Å². The predicted octanol–water partition coefficient (Wildman–Crippen LogP) is 3.67. The molecule has 154 valence electrons. The molecule has 11 heteroatoms. The van der Waals surface area contributed by atoms with Crippen molar-refractivity contribution in [1.82, 2.24) is 14.5 Å². The summed E-state index contributed by atoms with van der Waals surface area (Å²) < 4.78 is 38.8. The number of imidazole rings is 1. The molecule has 0 spiro atoms. The maximum atomic E-state index is 12.0. The van der Waals surface area contributed by atoms with E-state index in [2.05, 4.69) is 15.3 Å². The maximum absolute atomic E-state index is 12.0. The van der Waals surface area contributed by atoms with Crippen LogP contribution in [0.1, 0.15) is 27.8 Å². The van der Waals surface area contributed by atoms with E-state index in [0.717, 1.165) is 17.1 Å². The zero-order valence-electron chi connectivity index (χ0n) is 15.6. The van der Waals surface area contributed by atoms with Crippen molar-refractivity contribution in [2.45, 2.75) is 26.9 Å². The van der Waals surface area contributed by atoms with Gasteiger partial charge in [-0.1, -0.05) is 0 Å². The molecular weight excluding hydrogens is 393 g/mol.